The maximum Gasteiger partial charge on any atom is 0.253 e. The summed E-state index contributed by atoms with van der Waals surface area (Å²) in [4.78, 5) is 12.0. The number of nitrogen functional groups attached to an aromatic ring is 1. The Morgan fingerprint density at radius 3 is 3.00 bits per heavy atom. The highest BCUT2D eigenvalue weighted by Crippen LogP contribution is 2.22. The van der Waals surface area contributed by atoms with Crippen LogP contribution in [0.5, 0.6) is 0 Å². The lowest BCUT2D eigenvalue weighted by atomic mass is 10.1. The molecule has 2 aromatic rings. The zero-order valence-electron chi connectivity index (χ0n) is 11.5. The summed E-state index contributed by atoms with van der Waals surface area (Å²) in [6.07, 6.45) is 3.55. The number of nitrogens with zero attached hydrogens (tertiary/aromatic N) is 2. The third-order valence-electron chi connectivity index (χ3n) is 3.01. The van der Waals surface area contributed by atoms with Crippen LogP contribution < -0.4 is 11.1 Å². The SMILES string of the molecule is CC(CNC(=O)c1cc(Cl)cc(F)c1N)Cn1cccn1. The topological polar surface area (TPSA) is 72.9 Å². The molecule has 0 saturated carbocycles. The van der Waals surface area contributed by atoms with Gasteiger partial charge in [0.1, 0.15) is 5.82 Å². The summed E-state index contributed by atoms with van der Waals surface area (Å²) in [5.74, 6) is -0.974. The molecule has 1 aromatic carbocycles. The van der Waals surface area contributed by atoms with E-state index in [0.29, 0.717) is 13.1 Å². The fourth-order valence-corrected chi connectivity index (χ4v) is 2.13. The van der Waals surface area contributed by atoms with Crippen molar-refractivity contribution in [2.45, 2.75) is 13.5 Å². The van der Waals surface area contributed by atoms with Gasteiger partial charge in [0.15, 0.2) is 0 Å². The summed E-state index contributed by atoms with van der Waals surface area (Å²) >= 11 is 5.74. The molecule has 1 aromatic heterocycles. The zero-order chi connectivity index (χ0) is 15.4. The van der Waals surface area contributed by atoms with Crippen LogP contribution in [0, 0.1) is 11.7 Å². The van der Waals surface area contributed by atoms with Crippen molar-refractivity contribution in [3.8, 4) is 0 Å². The Labute approximate surface area is 126 Å². The van der Waals surface area contributed by atoms with Crippen molar-refractivity contribution < 1.29 is 9.18 Å². The van der Waals surface area contributed by atoms with Gasteiger partial charge in [0.25, 0.3) is 5.91 Å². The van der Waals surface area contributed by atoms with Gasteiger partial charge in [-0.15, -0.1) is 0 Å². The van der Waals surface area contributed by atoms with Crippen LogP contribution in [0.3, 0.4) is 0 Å². The zero-order valence-corrected chi connectivity index (χ0v) is 12.3. The highest BCUT2D eigenvalue weighted by Gasteiger charge is 2.15. The Morgan fingerprint density at radius 1 is 1.57 bits per heavy atom. The number of halogens is 2. The molecule has 7 heteroatoms. The van der Waals surface area contributed by atoms with Gasteiger partial charge < -0.3 is 11.1 Å². The molecule has 1 unspecified atom stereocenters. The van der Waals surface area contributed by atoms with Crippen molar-refractivity contribution in [1.82, 2.24) is 15.1 Å². The minimum Gasteiger partial charge on any atom is -0.396 e. The van der Waals surface area contributed by atoms with Crippen molar-refractivity contribution in [3.63, 3.8) is 0 Å². The largest absolute Gasteiger partial charge is 0.396 e. The van der Waals surface area contributed by atoms with Crippen molar-refractivity contribution in [1.29, 1.82) is 0 Å². The molecule has 5 nitrogen and oxygen atoms in total. The first-order valence-electron chi connectivity index (χ1n) is 6.47. The molecule has 0 aliphatic carbocycles. The molecular formula is C14H16ClFN4O. The van der Waals surface area contributed by atoms with Gasteiger partial charge in [0.05, 0.1) is 11.3 Å². The normalized spacial score (nSPS) is 12.1. The van der Waals surface area contributed by atoms with Crippen LogP contribution in [0.2, 0.25) is 5.02 Å². The Bertz CT molecular complexity index is 630. The maximum atomic E-state index is 13.5. The van der Waals surface area contributed by atoms with E-state index >= 15 is 0 Å². The second-order valence-corrected chi connectivity index (χ2v) is 5.33. The van der Waals surface area contributed by atoms with Crippen molar-refractivity contribution in [2.24, 2.45) is 5.92 Å². The van der Waals surface area contributed by atoms with E-state index in [1.807, 2.05) is 19.2 Å². The van der Waals surface area contributed by atoms with E-state index in [2.05, 4.69) is 10.4 Å². The maximum absolute atomic E-state index is 13.5. The molecule has 1 heterocycles. The highest BCUT2D eigenvalue weighted by atomic mass is 35.5. The number of benzene rings is 1. The number of hydrogen-bond acceptors (Lipinski definition) is 3. The molecule has 0 fully saturated rings. The lowest BCUT2D eigenvalue weighted by Crippen LogP contribution is -2.30. The summed E-state index contributed by atoms with van der Waals surface area (Å²) < 4.78 is 15.2. The predicted octanol–water partition coefficient (Wildman–Crippen LogP) is 2.32. The number of amides is 1. The number of nitrogens with two attached hydrogens (primary N) is 1. The molecule has 2 rings (SSSR count). The third kappa shape index (κ3) is 3.95. The molecule has 0 aliphatic rings. The second-order valence-electron chi connectivity index (χ2n) is 4.89. The lowest BCUT2D eigenvalue weighted by molar-refractivity contribution is 0.0947. The minimum absolute atomic E-state index is 0.0475. The fourth-order valence-electron chi connectivity index (χ4n) is 1.93. The summed E-state index contributed by atoms with van der Waals surface area (Å²) in [5, 5.41) is 6.95. The van der Waals surface area contributed by atoms with Gasteiger partial charge in [-0.25, -0.2) is 4.39 Å². The smallest absolute Gasteiger partial charge is 0.253 e. The van der Waals surface area contributed by atoms with E-state index in [1.165, 1.54) is 6.07 Å². The number of carbonyl (C=O) groups is 1. The average molecular weight is 311 g/mol. The van der Waals surface area contributed by atoms with Crippen LogP contribution in [0.4, 0.5) is 10.1 Å². The van der Waals surface area contributed by atoms with Gasteiger partial charge in [-0.3, -0.25) is 9.48 Å². The minimum atomic E-state index is -0.697. The van der Waals surface area contributed by atoms with Gasteiger partial charge in [0.2, 0.25) is 0 Å². The number of rotatable bonds is 5. The van der Waals surface area contributed by atoms with E-state index in [9.17, 15) is 9.18 Å². The first-order chi connectivity index (χ1) is 9.97. The van der Waals surface area contributed by atoms with E-state index in [0.717, 1.165) is 6.07 Å². The van der Waals surface area contributed by atoms with Crippen molar-refractivity contribution >= 4 is 23.2 Å². The van der Waals surface area contributed by atoms with E-state index in [-0.39, 0.29) is 22.2 Å². The molecule has 0 spiro atoms. The van der Waals surface area contributed by atoms with Crippen molar-refractivity contribution in [2.75, 3.05) is 12.3 Å². The highest BCUT2D eigenvalue weighted by molar-refractivity contribution is 6.31. The molecule has 1 atom stereocenters. The van der Waals surface area contributed by atoms with E-state index in [4.69, 9.17) is 17.3 Å². The summed E-state index contributed by atoms with van der Waals surface area (Å²) in [6, 6.07) is 4.27. The Balaban J connectivity index is 1.96. The average Bonchev–Trinajstić information content (AvgIpc) is 2.93. The molecular weight excluding hydrogens is 295 g/mol. The number of hydrogen-bond donors (Lipinski definition) is 2. The summed E-state index contributed by atoms with van der Waals surface area (Å²) in [6.45, 7) is 3.07. The van der Waals surface area contributed by atoms with Crippen LogP contribution in [0.15, 0.2) is 30.6 Å². The number of nitrogens with one attached hydrogen (secondary N) is 1. The predicted molar refractivity (Wildman–Crippen MR) is 79.5 cm³/mol. The quantitative estimate of drug-likeness (QED) is 0.832. The third-order valence-corrected chi connectivity index (χ3v) is 3.23. The van der Waals surface area contributed by atoms with Crippen LogP contribution >= 0.6 is 11.6 Å². The first-order valence-corrected chi connectivity index (χ1v) is 6.85. The molecule has 3 N–H and O–H groups in total. The number of anilines is 1. The lowest BCUT2D eigenvalue weighted by Gasteiger charge is -2.14. The molecule has 0 aliphatic heterocycles. The summed E-state index contributed by atoms with van der Waals surface area (Å²) in [7, 11) is 0. The molecule has 112 valence electrons. The van der Waals surface area contributed by atoms with Crippen LogP contribution in [0.1, 0.15) is 17.3 Å². The van der Waals surface area contributed by atoms with E-state index < -0.39 is 11.7 Å². The van der Waals surface area contributed by atoms with E-state index in [1.54, 1.807) is 10.9 Å². The number of aromatic nitrogens is 2. The number of carbonyl (C=O) groups excluding carboxylic acids is 1. The van der Waals surface area contributed by atoms with Gasteiger partial charge in [0, 0.05) is 30.5 Å². The van der Waals surface area contributed by atoms with Crippen LogP contribution in [-0.4, -0.2) is 22.2 Å². The molecule has 0 bridgehead atoms. The van der Waals surface area contributed by atoms with Gasteiger partial charge in [-0.1, -0.05) is 18.5 Å². The Morgan fingerprint density at radius 2 is 2.33 bits per heavy atom. The first kappa shape index (κ1) is 15.3. The monoisotopic (exact) mass is 310 g/mol. The second kappa shape index (κ2) is 6.58. The molecule has 21 heavy (non-hydrogen) atoms. The van der Waals surface area contributed by atoms with Crippen molar-refractivity contribution in [3.05, 3.63) is 47.0 Å². The molecule has 0 radical (unpaired) electrons. The van der Waals surface area contributed by atoms with Gasteiger partial charge in [-0.05, 0) is 24.1 Å². The van der Waals surface area contributed by atoms with Gasteiger partial charge in [-0.2, -0.15) is 5.10 Å². The molecule has 0 saturated heterocycles. The van der Waals surface area contributed by atoms with Gasteiger partial charge >= 0.3 is 0 Å². The van der Waals surface area contributed by atoms with Crippen LogP contribution in [0.25, 0.3) is 0 Å². The Hall–Kier alpha value is -2.08. The standard InChI is InChI=1S/C14H16ClFN4O/c1-9(8-20-4-2-3-19-20)7-18-14(21)11-5-10(15)6-12(16)13(11)17/h2-6,9H,7-8,17H2,1H3,(H,18,21). The molecule has 1 amide bonds. The summed E-state index contributed by atoms with van der Waals surface area (Å²) in [5.41, 5.74) is 5.41. The Kier molecular flexibility index (Phi) is 4.80. The van der Waals surface area contributed by atoms with Crippen LogP contribution in [-0.2, 0) is 6.54 Å². The fraction of sp³-hybridized carbons (Fsp3) is 0.286.